The molecule has 1 heterocycles. The number of aryl methyl sites for hydroxylation is 1. The third kappa shape index (κ3) is 4.43. The average molecular weight is 449 g/mol. The molecule has 3 aromatic carbocycles. The zero-order chi connectivity index (χ0) is 22.7. The molecule has 4 rings (SSSR count). The van der Waals surface area contributed by atoms with Crippen molar-refractivity contribution >= 4 is 23.2 Å². The number of nitrogens with one attached hydrogen (secondary N) is 1. The molecule has 0 unspecified atom stereocenters. The minimum absolute atomic E-state index is 0.00502. The summed E-state index contributed by atoms with van der Waals surface area (Å²) in [6.45, 7) is 2.00. The van der Waals surface area contributed by atoms with Gasteiger partial charge in [-0.05, 0) is 43.3 Å². The van der Waals surface area contributed by atoms with E-state index in [1.165, 1.54) is 7.11 Å². The van der Waals surface area contributed by atoms with Crippen molar-refractivity contribution in [3.8, 4) is 28.6 Å². The first kappa shape index (κ1) is 21.4. The number of halogens is 1. The van der Waals surface area contributed by atoms with E-state index in [1.54, 1.807) is 42.1 Å². The number of aromatic nitrogens is 3. The van der Waals surface area contributed by atoms with E-state index < -0.39 is 5.91 Å². The first-order valence-corrected chi connectivity index (χ1v) is 10.2. The highest BCUT2D eigenvalue weighted by molar-refractivity contribution is 6.30. The molecule has 4 aromatic rings. The van der Waals surface area contributed by atoms with Crippen LogP contribution in [-0.4, -0.2) is 34.9 Å². The van der Waals surface area contributed by atoms with Crippen LogP contribution in [0.25, 0.3) is 17.1 Å². The van der Waals surface area contributed by atoms with Crippen molar-refractivity contribution in [1.29, 1.82) is 0 Å². The van der Waals surface area contributed by atoms with Gasteiger partial charge in [-0.15, -0.1) is 5.10 Å². The van der Waals surface area contributed by atoms with Gasteiger partial charge in [-0.3, -0.25) is 4.79 Å². The quantitative estimate of drug-likeness (QED) is 0.440. The molecule has 0 spiro atoms. The van der Waals surface area contributed by atoms with Gasteiger partial charge in [0.2, 0.25) is 5.82 Å². The molecule has 0 atom stereocenters. The number of hydrogen-bond donors (Lipinski definition) is 1. The van der Waals surface area contributed by atoms with Gasteiger partial charge in [-0.25, -0.2) is 9.67 Å². The number of benzene rings is 3. The van der Waals surface area contributed by atoms with Crippen LogP contribution in [-0.2, 0) is 0 Å². The van der Waals surface area contributed by atoms with E-state index in [0.717, 1.165) is 16.8 Å². The van der Waals surface area contributed by atoms with Crippen LogP contribution in [0.5, 0.6) is 11.5 Å². The van der Waals surface area contributed by atoms with E-state index in [1.807, 2.05) is 43.3 Å². The van der Waals surface area contributed by atoms with Crippen LogP contribution in [0.15, 0.2) is 66.7 Å². The molecule has 1 N–H and O–H groups in total. The lowest BCUT2D eigenvalue weighted by Crippen LogP contribution is -2.15. The van der Waals surface area contributed by atoms with Crippen LogP contribution in [0.1, 0.15) is 16.2 Å². The Labute approximate surface area is 190 Å². The van der Waals surface area contributed by atoms with Crippen LogP contribution >= 0.6 is 11.6 Å². The lowest BCUT2D eigenvalue weighted by atomic mass is 10.2. The molecule has 0 aliphatic carbocycles. The molecular weight excluding hydrogens is 428 g/mol. The third-order valence-corrected chi connectivity index (χ3v) is 5.06. The summed E-state index contributed by atoms with van der Waals surface area (Å²) in [6, 6.07) is 20.2. The van der Waals surface area contributed by atoms with Crippen molar-refractivity contribution in [2.75, 3.05) is 19.5 Å². The largest absolute Gasteiger partial charge is 0.497 e. The van der Waals surface area contributed by atoms with Gasteiger partial charge in [-0.2, -0.15) is 0 Å². The molecule has 162 valence electrons. The highest BCUT2D eigenvalue weighted by atomic mass is 35.5. The van der Waals surface area contributed by atoms with E-state index in [2.05, 4.69) is 15.4 Å². The number of nitrogens with zero attached hydrogens (tertiary/aromatic N) is 3. The van der Waals surface area contributed by atoms with E-state index in [0.29, 0.717) is 28.0 Å². The zero-order valence-corrected chi connectivity index (χ0v) is 18.6. The molecule has 1 amide bonds. The standard InChI is InChI=1S/C24H21ClN4O3/c1-15-7-9-18(10-8-15)29-23(16-5-4-6-17(25)13-16)27-22(28-29)24(30)26-20-14-19(31-2)11-12-21(20)32-3/h4-14H,1-3H3,(H,26,30). The molecule has 0 bridgehead atoms. The molecule has 0 aliphatic heterocycles. The Morgan fingerprint density at radius 3 is 2.47 bits per heavy atom. The predicted molar refractivity (Wildman–Crippen MR) is 124 cm³/mol. The van der Waals surface area contributed by atoms with Gasteiger partial charge >= 0.3 is 0 Å². The first-order chi connectivity index (χ1) is 15.5. The summed E-state index contributed by atoms with van der Waals surface area (Å²) in [5, 5.41) is 7.86. The van der Waals surface area contributed by atoms with Gasteiger partial charge < -0.3 is 14.8 Å². The molecule has 0 saturated carbocycles. The van der Waals surface area contributed by atoms with Crippen LogP contribution in [0.3, 0.4) is 0 Å². The number of rotatable bonds is 6. The topological polar surface area (TPSA) is 78.3 Å². The zero-order valence-electron chi connectivity index (χ0n) is 17.8. The fraction of sp³-hybridized carbons (Fsp3) is 0.125. The first-order valence-electron chi connectivity index (χ1n) is 9.82. The van der Waals surface area contributed by atoms with Crippen LogP contribution in [0, 0.1) is 6.92 Å². The number of amides is 1. The molecule has 0 fully saturated rings. The molecule has 32 heavy (non-hydrogen) atoms. The monoisotopic (exact) mass is 448 g/mol. The van der Waals surface area contributed by atoms with Gasteiger partial charge in [-0.1, -0.05) is 41.4 Å². The minimum Gasteiger partial charge on any atom is -0.497 e. The van der Waals surface area contributed by atoms with Crippen molar-refractivity contribution in [3.63, 3.8) is 0 Å². The molecule has 7 nitrogen and oxygen atoms in total. The Morgan fingerprint density at radius 2 is 1.78 bits per heavy atom. The van der Waals surface area contributed by atoms with Gasteiger partial charge in [0.1, 0.15) is 11.5 Å². The summed E-state index contributed by atoms with van der Waals surface area (Å²) >= 11 is 6.19. The second-order valence-electron chi connectivity index (χ2n) is 7.04. The highest BCUT2D eigenvalue weighted by Crippen LogP contribution is 2.30. The minimum atomic E-state index is -0.481. The second-order valence-corrected chi connectivity index (χ2v) is 7.47. The fourth-order valence-corrected chi connectivity index (χ4v) is 3.37. The van der Waals surface area contributed by atoms with Gasteiger partial charge in [0.25, 0.3) is 5.91 Å². The third-order valence-electron chi connectivity index (χ3n) is 4.83. The van der Waals surface area contributed by atoms with Crippen molar-refractivity contribution in [3.05, 3.63) is 83.1 Å². The predicted octanol–water partition coefficient (Wildman–Crippen LogP) is 5.17. The Balaban J connectivity index is 1.76. The summed E-state index contributed by atoms with van der Waals surface area (Å²) < 4.78 is 12.2. The smallest absolute Gasteiger partial charge is 0.295 e. The Hall–Kier alpha value is -3.84. The van der Waals surface area contributed by atoms with Crippen LogP contribution in [0.2, 0.25) is 5.02 Å². The van der Waals surface area contributed by atoms with Crippen LogP contribution < -0.4 is 14.8 Å². The van der Waals surface area contributed by atoms with E-state index >= 15 is 0 Å². The maximum Gasteiger partial charge on any atom is 0.295 e. The van der Waals surface area contributed by atoms with Crippen molar-refractivity contribution in [2.24, 2.45) is 0 Å². The van der Waals surface area contributed by atoms with Gasteiger partial charge in [0, 0.05) is 16.7 Å². The number of ether oxygens (including phenoxy) is 2. The normalized spacial score (nSPS) is 10.6. The van der Waals surface area contributed by atoms with Crippen LogP contribution in [0.4, 0.5) is 5.69 Å². The molecule has 8 heteroatoms. The number of carbonyl (C=O) groups excluding carboxylic acids is 1. The fourth-order valence-electron chi connectivity index (χ4n) is 3.18. The maximum atomic E-state index is 13.1. The number of anilines is 1. The van der Waals surface area contributed by atoms with E-state index in [-0.39, 0.29) is 5.82 Å². The van der Waals surface area contributed by atoms with Crippen molar-refractivity contribution in [1.82, 2.24) is 14.8 Å². The molecule has 0 saturated heterocycles. The Bertz CT molecular complexity index is 1270. The number of carbonyl (C=O) groups is 1. The van der Waals surface area contributed by atoms with E-state index in [9.17, 15) is 4.79 Å². The van der Waals surface area contributed by atoms with E-state index in [4.69, 9.17) is 21.1 Å². The number of hydrogen-bond acceptors (Lipinski definition) is 5. The van der Waals surface area contributed by atoms with Crippen molar-refractivity contribution in [2.45, 2.75) is 6.92 Å². The Kier molecular flexibility index (Phi) is 6.09. The summed E-state index contributed by atoms with van der Waals surface area (Å²) in [6.07, 6.45) is 0. The lowest BCUT2D eigenvalue weighted by molar-refractivity contribution is 0.101. The van der Waals surface area contributed by atoms with Gasteiger partial charge in [0.05, 0.1) is 25.6 Å². The SMILES string of the molecule is COc1ccc(OC)c(NC(=O)c2nc(-c3cccc(Cl)c3)n(-c3ccc(C)cc3)n2)c1. The maximum absolute atomic E-state index is 13.1. The van der Waals surface area contributed by atoms with Crippen molar-refractivity contribution < 1.29 is 14.3 Å². The molecule has 0 aliphatic rings. The molecule has 1 aromatic heterocycles. The summed E-state index contributed by atoms with van der Waals surface area (Å²) in [5.74, 6) is 1.10. The average Bonchev–Trinajstić information content (AvgIpc) is 3.25. The lowest BCUT2D eigenvalue weighted by Gasteiger charge is -2.10. The summed E-state index contributed by atoms with van der Waals surface area (Å²) in [5.41, 5.74) is 3.08. The highest BCUT2D eigenvalue weighted by Gasteiger charge is 2.20. The Morgan fingerprint density at radius 1 is 1.00 bits per heavy atom. The summed E-state index contributed by atoms with van der Waals surface area (Å²) in [7, 11) is 3.08. The second kappa shape index (κ2) is 9.11. The summed E-state index contributed by atoms with van der Waals surface area (Å²) in [4.78, 5) is 17.6. The molecular formula is C24H21ClN4O3. The number of methoxy groups -OCH3 is 2. The molecule has 0 radical (unpaired) electrons. The van der Waals surface area contributed by atoms with Gasteiger partial charge in [0.15, 0.2) is 5.82 Å².